The van der Waals surface area contributed by atoms with E-state index in [1.54, 1.807) is 6.92 Å². The first-order valence-corrected chi connectivity index (χ1v) is 9.23. The highest BCUT2D eigenvalue weighted by Crippen LogP contribution is 2.26. The molecule has 2 unspecified atom stereocenters. The molecule has 1 aromatic rings. The predicted molar refractivity (Wildman–Crippen MR) is 79.0 cm³/mol. The number of hydrogen-bond donors (Lipinski definition) is 1. The van der Waals surface area contributed by atoms with E-state index in [2.05, 4.69) is 20.6 Å². The van der Waals surface area contributed by atoms with Crippen molar-refractivity contribution in [2.24, 2.45) is 11.0 Å². The molecule has 3 rings (SSSR count). The largest absolute Gasteiger partial charge is 0.299 e. The molecule has 2 aliphatic heterocycles. The van der Waals surface area contributed by atoms with Crippen LogP contribution in [0.5, 0.6) is 0 Å². The molecular weight excluding hydrogens is 330 g/mol. The van der Waals surface area contributed by atoms with Gasteiger partial charge in [0.05, 0.1) is 23.3 Å². The molecule has 2 aliphatic rings. The number of rotatable bonds is 3. The number of sulfone groups is 1. The molecule has 118 valence electrons. The number of anilines is 1. The van der Waals surface area contributed by atoms with E-state index in [1.807, 2.05) is 0 Å². The number of nitrogens with zero attached hydrogens (tertiary/aromatic N) is 4. The Bertz CT molecular complexity index is 743. The van der Waals surface area contributed by atoms with Gasteiger partial charge in [0.25, 0.3) is 5.91 Å². The lowest BCUT2D eigenvalue weighted by atomic mass is 10.0. The van der Waals surface area contributed by atoms with Gasteiger partial charge in [-0.3, -0.25) is 14.9 Å². The summed E-state index contributed by atoms with van der Waals surface area (Å²) in [4.78, 5) is 24.6. The maximum absolute atomic E-state index is 12.4. The average molecular weight is 343 g/mol. The molecule has 0 saturated carbocycles. The van der Waals surface area contributed by atoms with E-state index >= 15 is 0 Å². The Balaban J connectivity index is 1.74. The van der Waals surface area contributed by atoms with Gasteiger partial charge in [0.2, 0.25) is 11.0 Å². The predicted octanol–water partition coefficient (Wildman–Crippen LogP) is -0.502. The molecule has 9 nitrogen and oxygen atoms in total. The molecule has 3 heterocycles. The first-order chi connectivity index (χ1) is 10.4. The number of nitrogens with one attached hydrogen (secondary N) is 1. The molecular formula is C11H13N5O4S2. The first kappa shape index (κ1) is 15.0. The van der Waals surface area contributed by atoms with E-state index < -0.39 is 33.6 Å². The standard InChI is InChI=1S/C11H13N5O4S2/c1-6-8(9(17)13-11-14-12-5-21-11)10(18)16(15-6)7-2-3-22(19,20)4-7/h5,7-8H,2-4H2,1H3,(H,13,14,17). The Morgan fingerprint density at radius 2 is 2.27 bits per heavy atom. The van der Waals surface area contributed by atoms with Crippen molar-refractivity contribution in [3.8, 4) is 0 Å². The van der Waals surface area contributed by atoms with E-state index in [1.165, 1.54) is 5.51 Å². The highest BCUT2D eigenvalue weighted by atomic mass is 32.2. The van der Waals surface area contributed by atoms with Crippen molar-refractivity contribution in [3.05, 3.63) is 5.51 Å². The summed E-state index contributed by atoms with van der Waals surface area (Å²) >= 11 is 1.14. The Hall–Kier alpha value is -1.88. The molecule has 0 aliphatic carbocycles. The van der Waals surface area contributed by atoms with Crippen LogP contribution in [0.25, 0.3) is 0 Å². The Kier molecular flexibility index (Phi) is 3.68. The lowest BCUT2D eigenvalue weighted by Crippen LogP contribution is -2.40. The molecule has 1 saturated heterocycles. The zero-order valence-electron chi connectivity index (χ0n) is 11.6. The molecule has 1 aromatic heterocycles. The number of carbonyl (C=O) groups excluding carboxylic acids is 2. The zero-order valence-corrected chi connectivity index (χ0v) is 13.2. The maximum Gasteiger partial charge on any atom is 0.261 e. The van der Waals surface area contributed by atoms with E-state index in [0.717, 1.165) is 16.3 Å². The fourth-order valence-electron chi connectivity index (χ4n) is 2.52. The number of amides is 2. The summed E-state index contributed by atoms with van der Waals surface area (Å²) in [6, 6.07) is -0.494. The van der Waals surface area contributed by atoms with Crippen molar-refractivity contribution >= 4 is 43.8 Å². The quantitative estimate of drug-likeness (QED) is 0.738. The normalized spacial score (nSPS) is 27.0. The number of carbonyl (C=O) groups is 2. The van der Waals surface area contributed by atoms with Crippen LogP contribution in [-0.4, -0.2) is 58.7 Å². The smallest absolute Gasteiger partial charge is 0.261 e. The van der Waals surface area contributed by atoms with Crippen LogP contribution >= 0.6 is 11.3 Å². The number of hydrogen-bond acceptors (Lipinski definition) is 8. The Morgan fingerprint density at radius 3 is 2.86 bits per heavy atom. The third-order valence-electron chi connectivity index (χ3n) is 3.56. The third-order valence-corrected chi connectivity index (χ3v) is 5.92. The van der Waals surface area contributed by atoms with Gasteiger partial charge in [-0.25, -0.2) is 13.4 Å². The second kappa shape index (κ2) is 5.39. The lowest BCUT2D eigenvalue weighted by molar-refractivity contribution is -0.137. The monoisotopic (exact) mass is 343 g/mol. The topological polar surface area (TPSA) is 122 Å². The van der Waals surface area contributed by atoms with Crippen LogP contribution in [0.4, 0.5) is 5.13 Å². The van der Waals surface area contributed by atoms with Gasteiger partial charge in [0.1, 0.15) is 5.51 Å². The number of hydrazone groups is 1. The van der Waals surface area contributed by atoms with E-state index in [-0.39, 0.29) is 11.5 Å². The highest BCUT2D eigenvalue weighted by molar-refractivity contribution is 7.91. The third kappa shape index (κ3) is 2.73. The average Bonchev–Trinajstić information content (AvgIpc) is 3.10. The summed E-state index contributed by atoms with van der Waals surface area (Å²) in [5, 5.41) is 15.3. The molecule has 0 bridgehead atoms. The second-order valence-corrected chi connectivity index (χ2v) is 8.21. The van der Waals surface area contributed by atoms with Crippen LogP contribution in [0, 0.1) is 5.92 Å². The van der Waals surface area contributed by atoms with Gasteiger partial charge in [-0.15, -0.1) is 10.2 Å². The minimum atomic E-state index is -3.13. The second-order valence-electron chi connectivity index (χ2n) is 5.15. The number of aromatic nitrogens is 2. The van der Waals surface area contributed by atoms with Gasteiger partial charge in [-0.2, -0.15) is 5.10 Å². The molecule has 1 fully saturated rings. The summed E-state index contributed by atoms with van der Waals surface area (Å²) in [7, 11) is -3.13. The molecule has 0 radical (unpaired) electrons. The molecule has 0 aromatic carbocycles. The Labute approximate surface area is 130 Å². The van der Waals surface area contributed by atoms with Crippen LogP contribution < -0.4 is 5.32 Å². The van der Waals surface area contributed by atoms with Crippen molar-refractivity contribution in [2.45, 2.75) is 19.4 Å². The molecule has 11 heteroatoms. The lowest BCUT2D eigenvalue weighted by Gasteiger charge is -2.19. The SMILES string of the molecule is CC1=NN(C2CCS(=O)(=O)C2)C(=O)C1C(=O)Nc1nncs1. The fourth-order valence-corrected chi connectivity index (χ4v) is 4.66. The van der Waals surface area contributed by atoms with Gasteiger partial charge in [-0.1, -0.05) is 11.3 Å². The van der Waals surface area contributed by atoms with Crippen LogP contribution in [0.3, 0.4) is 0 Å². The van der Waals surface area contributed by atoms with Gasteiger partial charge in [0, 0.05) is 0 Å². The molecule has 22 heavy (non-hydrogen) atoms. The van der Waals surface area contributed by atoms with Crippen LogP contribution in [0.15, 0.2) is 10.6 Å². The summed E-state index contributed by atoms with van der Waals surface area (Å²) < 4.78 is 23.1. The molecule has 1 N–H and O–H groups in total. The van der Waals surface area contributed by atoms with Gasteiger partial charge in [0.15, 0.2) is 15.8 Å². The van der Waals surface area contributed by atoms with Crippen molar-refractivity contribution in [1.29, 1.82) is 0 Å². The highest BCUT2D eigenvalue weighted by Gasteiger charge is 2.44. The van der Waals surface area contributed by atoms with E-state index in [0.29, 0.717) is 17.3 Å². The van der Waals surface area contributed by atoms with Crippen molar-refractivity contribution in [2.75, 3.05) is 16.8 Å². The van der Waals surface area contributed by atoms with Gasteiger partial charge < -0.3 is 0 Å². The molecule has 2 amide bonds. The Morgan fingerprint density at radius 1 is 1.50 bits per heavy atom. The maximum atomic E-state index is 12.4. The van der Waals surface area contributed by atoms with Gasteiger partial charge >= 0.3 is 0 Å². The van der Waals surface area contributed by atoms with Crippen LogP contribution in [0.2, 0.25) is 0 Å². The summed E-state index contributed by atoms with van der Waals surface area (Å²) in [5.41, 5.74) is 1.80. The van der Waals surface area contributed by atoms with E-state index in [9.17, 15) is 18.0 Å². The minimum Gasteiger partial charge on any atom is -0.299 e. The van der Waals surface area contributed by atoms with Crippen molar-refractivity contribution in [3.63, 3.8) is 0 Å². The van der Waals surface area contributed by atoms with Crippen molar-refractivity contribution < 1.29 is 18.0 Å². The van der Waals surface area contributed by atoms with E-state index in [4.69, 9.17) is 0 Å². The molecule has 2 atom stereocenters. The summed E-state index contributed by atoms with van der Waals surface area (Å²) in [6.07, 6.45) is 0.343. The fraction of sp³-hybridized carbons (Fsp3) is 0.545. The van der Waals surface area contributed by atoms with Crippen LogP contribution in [0.1, 0.15) is 13.3 Å². The molecule has 0 spiro atoms. The summed E-state index contributed by atoms with van der Waals surface area (Å²) in [6.45, 7) is 1.58. The first-order valence-electron chi connectivity index (χ1n) is 6.53. The van der Waals surface area contributed by atoms with Gasteiger partial charge in [-0.05, 0) is 13.3 Å². The zero-order chi connectivity index (χ0) is 15.9. The van der Waals surface area contributed by atoms with Crippen molar-refractivity contribution in [1.82, 2.24) is 15.2 Å². The minimum absolute atomic E-state index is 0.0393. The summed E-state index contributed by atoms with van der Waals surface area (Å²) in [5.74, 6) is -2.15. The van der Waals surface area contributed by atoms with Crippen LogP contribution in [-0.2, 0) is 19.4 Å².